The molecule has 0 aliphatic rings. The van der Waals surface area contributed by atoms with E-state index in [1.165, 1.54) is 96.3 Å². The summed E-state index contributed by atoms with van der Waals surface area (Å²) >= 11 is 0. The molecule has 5 heteroatoms. The van der Waals surface area contributed by atoms with Crippen LogP contribution in [-0.2, 0) is 14.6 Å². The Morgan fingerprint density at radius 1 is 0.630 bits per heavy atom. The molecule has 0 heterocycles. The fraction of sp³-hybridized carbons (Fsp3) is 1.00. The molecule has 164 valence electrons. The van der Waals surface area contributed by atoms with Gasteiger partial charge in [0.2, 0.25) is 0 Å². The highest BCUT2D eigenvalue weighted by molar-refractivity contribution is 7.80. The van der Waals surface area contributed by atoms with Gasteiger partial charge in [0.15, 0.2) is 0 Å². The minimum atomic E-state index is -4.35. The lowest BCUT2D eigenvalue weighted by Crippen LogP contribution is -2.27. The second kappa shape index (κ2) is 16.8. The minimum absolute atomic E-state index is 0.644. The van der Waals surface area contributed by atoms with Crippen LogP contribution in [0.4, 0.5) is 0 Å². The van der Waals surface area contributed by atoms with Crippen LogP contribution >= 0.6 is 0 Å². The molecule has 0 aliphatic carbocycles. The van der Waals surface area contributed by atoms with Crippen molar-refractivity contribution in [1.29, 1.82) is 0 Å². The van der Waals surface area contributed by atoms with E-state index >= 15 is 0 Å². The molecule has 0 aromatic heterocycles. The zero-order valence-corrected chi connectivity index (χ0v) is 19.1. The van der Waals surface area contributed by atoms with E-state index < -0.39 is 16.0 Å². The van der Waals surface area contributed by atoms with Crippen molar-refractivity contribution in [3.8, 4) is 0 Å². The van der Waals surface area contributed by atoms with Gasteiger partial charge in [-0.15, -0.1) is 0 Å². The van der Waals surface area contributed by atoms with Crippen LogP contribution < -0.4 is 0 Å². The van der Waals surface area contributed by atoms with Gasteiger partial charge in [-0.2, -0.15) is 8.42 Å². The summed E-state index contributed by atoms with van der Waals surface area (Å²) in [7, 11) is -4.35. The fourth-order valence-electron chi connectivity index (χ4n) is 3.60. The van der Waals surface area contributed by atoms with Gasteiger partial charge >= 0.3 is 10.4 Å². The monoisotopic (exact) mass is 406 g/mol. The smallest absolute Gasteiger partial charge is 0.264 e. The maximum atomic E-state index is 10.8. The molecule has 0 fully saturated rings. The predicted molar refractivity (Wildman–Crippen MR) is 115 cm³/mol. The quantitative estimate of drug-likeness (QED) is 0.167. The summed E-state index contributed by atoms with van der Waals surface area (Å²) in [4.78, 5) is 0. The van der Waals surface area contributed by atoms with Crippen molar-refractivity contribution in [3.63, 3.8) is 0 Å². The first-order chi connectivity index (χ1) is 12.8. The Morgan fingerprint density at radius 3 is 1.22 bits per heavy atom. The van der Waals surface area contributed by atoms with Crippen molar-refractivity contribution in [2.24, 2.45) is 0 Å². The highest BCUT2D eigenvalue weighted by Gasteiger charge is 2.24. The minimum Gasteiger partial charge on any atom is -0.264 e. The molecule has 0 saturated heterocycles. The van der Waals surface area contributed by atoms with Crippen LogP contribution in [-0.4, -0.2) is 18.6 Å². The first-order valence-electron chi connectivity index (χ1n) is 11.4. The van der Waals surface area contributed by atoms with Crippen LogP contribution in [0, 0.1) is 0 Å². The van der Waals surface area contributed by atoms with Gasteiger partial charge in [0.1, 0.15) is 0 Å². The zero-order valence-electron chi connectivity index (χ0n) is 18.3. The van der Waals surface area contributed by atoms with Crippen LogP contribution in [0.1, 0.15) is 136 Å². The van der Waals surface area contributed by atoms with Crippen molar-refractivity contribution in [3.05, 3.63) is 0 Å². The molecule has 0 bridgehead atoms. The zero-order chi connectivity index (χ0) is 20.4. The maximum Gasteiger partial charge on any atom is 0.397 e. The summed E-state index contributed by atoms with van der Waals surface area (Å²) in [5.41, 5.74) is -0.816. The van der Waals surface area contributed by atoms with Crippen LogP contribution in [0.25, 0.3) is 0 Å². The van der Waals surface area contributed by atoms with Gasteiger partial charge < -0.3 is 0 Å². The van der Waals surface area contributed by atoms with E-state index in [-0.39, 0.29) is 0 Å². The third kappa shape index (κ3) is 22.0. The molecular weight excluding hydrogens is 360 g/mol. The first-order valence-corrected chi connectivity index (χ1v) is 12.8. The Kier molecular flexibility index (Phi) is 16.7. The number of rotatable bonds is 20. The molecule has 0 aromatic carbocycles. The van der Waals surface area contributed by atoms with Crippen molar-refractivity contribution in [1.82, 2.24) is 0 Å². The largest absolute Gasteiger partial charge is 0.397 e. The fourth-order valence-corrected chi connectivity index (χ4v) is 4.26. The third-order valence-electron chi connectivity index (χ3n) is 5.21. The van der Waals surface area contributed by atoms with E-state index in [0.29, 0.717) is 6.42 Å². The summed E-state index contributed by atoms with van der Waals surface area (Å²) in [6.45, 7) is 5.67. The average Bonchev–Trinajstić information content (AvgIpc) is 2.55. The van der Waals surface area contributed by atoms with Crippen LogP contribution in [0.5, 0.6) is 0 Å². The van der Waals surface area contributed by atoms with Crippen LogP contribution in [0.2, 0.25) is 0 Å². The van der Waals surface area contributed by atoms with Crippen molar-refractivity contribution in [2.45, 2.75) is 142 Å². The Balaban J connectivity index is 3.25. The van der Waals surface area contributed by atoms with Crippen molar-refractivity contribution in [2.75, 3.05) is 0 Å². The van der Waals surface area contributed by atoms with Gasteiger partial charge in [-0.1, -0.05) is 116 Å². The normalized spacial score (nSPS) is 12.6. The number of hydrogen-bond donors (Lipinski definition) is 1. The van der Waals surface area contributed by atoms with Gasteiger partial charge in [0, 0.05) is 0 Å². The molecule has 4 nitrogen and oxygen atoms in total. The molecule has 0 rings (SSSR count). The van der Waals surface area contributed by atoms with E-state index in [2.05, 4.69) is 11.1 Å². The Labute approximate surface area is 169 Å². The van der Waals surface area contributed by atoms with Crippen LogP contribution in [0.15, 0.2) is 0 Å². The molecule has 0 saturated carbocycles. The molecular formula is C22H46O4S. The Bertz CT molecular complexity index is 418. The van der Waals surface area contributed by atoms with E-state index in [1.807, 2.05) is 0 Å². The molecule has 0 radical (unpaired) electrons. The van der Waals surface area contributed by atoms with E-state index in [0.717, 1.165) is 12.8 Å². The molecule has 27 heavy (non-hydrogen) atoms. The Morgan fingerprint density at radius 2 is 0.926 bits per heavy atom. The predicted octanol–water partition coefficient (Wildman–Crippen LogP) is 7.63. The second-order valence-electron chi connectivity index (χ2n) is 8.68. The lowest BCUT2D eigenvalue weighted by atomic mass is 9.99. The van der Waals surface area contributed by atoms with Gasteiger partial charge in [-0.25, -0.2) is 4.18 Å². The summed E-state index contributed by atoms with van der Waals surface area (Å²) in [6.07, 6.45) is 23.2. The average molecular weight is 407 g/mol. The Hall–Kier alpha value is -0.130. The lowest BCUT2D eigenvalue weighted by molar-refractivity contribution is 0.0876. The molecule has 0 atom stereocenters. The highest BCUT2D eigenvalue weighted by atomic mass is 32.3. The summed E-state index contributed by atoms with van der Waals surface area (Å²) in [5, 5.41) is 0. The van der Waals surface area contributed by atoms with Gasteiger partial charge in [0.05, 0.1) is 5.60 Å². The summed E-state index contributed by atoms with van der Waals surface area (Å²) in [5.74, 6) is 0. The highest BCUT2D eigenvalue weighted by Crippen LogP contribution is 2.21. The van der Waals surface area contributed by atoms with Crippen LogP contribution in [0.3, 0.4) is 0 Å². The van der Waals surface area contributed by atoms with Gasteiger partial charge in [-0.05, 0) is 20.3 Å². The summed E-state index contributed by atoms with van der Waals surface area (Å²) in [6, 6.07) is 0. The summed E-state index contributed by atoms with van der Waals surface area (Å²) < 4.78 is 35.0. The SMILES string of the molecule is CCCCCCCCCCCCCCCCCCCC(C)(C)OS(=O)(=O)O. The first kappa shape index (κ1) is 26.9. The number of hydrogen-bond acceptors (Lipinski definition) is 3. The maximum absolute atomic E-state index is 10.8. The van der Waals surface area contributed by atoms with Crippen molar-refractivity contribution >= 4 is 10.4 Å². The topological polar surface area (TPSA) is 63.6 Å². The second-order valence-corrected chi connectivity index (χ2v) is 9.70. The standard InChI is InChI=1S/C22H46O4S/c1-4-5-6-7-8-9-10-11-12-13-14-15-16-17-18-19-20-21-22(2,3)26-27(23,24)25/h4-21H2,1-3H3,(H,23,24,25). The van der Waals surface area contributed by atoms with E-state index in [1.54, 1.807) is 13.8 Å². The molecule has 0 aromatic rings. The van der Waals surface area contributed by atoms with Gasteiger partial charge in [-0.3, -0.25) is 4.55 Å². The van der Waals surface area contributed by atoms with Gasteiger partial charge in [0.25, 0.3) is 0 Å². The molecule has 0 amide bonds. The van der Waals surface area contributed by atoms with E-state index in [9.17, 15) is 8.42 Å². The lowest BCUT2D eigenvalue weighted by Gasteiger charge is -2.22. The molecule has 1 N–H and O–H groups in total. The van der Waals surface area contributed by atoms with Crippen molar-refractivity contribution < 1.29 is 17.2 Å². The number of unbranched alkanes of at least 4 members (excludes halogenated alkanes) is 16. The third-order valence-corrected chi connectivity index (χ3v) is 5.88. The molecule has 0 aliphatic heterocycles. The molecule has 0 unspecified atom stereocenters. The molecule has 0 spiro atoms. The van der Waals surface area contributed by atoms with E-state index in [4.69, 9.17) is 4.55 Å².